The molecule has 1 atom stereocenters. The monoisotopic (exact) mass is 509 g/mol. The highest BCUT2D eigenvalue weighted by molar-refractivity contribution is 7.89. The lowest BCUT2D eigenvalue weighted by atomic mass is 10.0. The molecule has 11 heteroatoms. The van der Waals surface area contributed by atoms with Crippen LogP contribution in [-0.4, -0.2) is 32.3 Å². The number of nitrogens with two attached hydrogens (primary N) is 2. The highest BCUT2D eigenvalue weighted by Crippen LogP contribution is 2.32. The van der Waals surface area contributed by atoms with Crippen molar-refractivity contribution < 1.29 is 17.9 Å². The van der Waals surface area contributed by atoms with Gasteiger partial charge in [0.05, 0.1) is 28.3 Å². The molecular formula is C24H23N5O4S2. The molecule has 3 aromatic carbocycles. The van der Waals surface area contributed by atoms with Crippen molar-refractivity contribution >= 4 is 43.3 Å². The van der Waals surface area contributed by atoms with E-state index in [1.807, 2.05) is 18.2 Å². The van der Waals surface area contributed by atoms with Gasteiger partial charge >= 0.3 is 0 Å². The van der Waals surface area contributed by atoms with Crippen molar-refractivity contribution in [2.75, 3.05) is 7.11 Å². The summed E-state index contributed by atoms with van der Waals surface area (Å²) in [4.78, 5) is 16.1. The van der Waals surface area contributed by atoms with Crippen molar-refractivity contribution in [3.63, 3.8) is 0 Å². The minimum Gasteiger partial charge on any atom is -0.497 e. The van der Waals surface area contributed by atoms with Crippen molar-refractivity contribution in [2.45, 2.75) is 17.4 Å². The number of methoxy groups -OCH3 is 1. The first-order valence-electron chi connectivity index (χ1n) is 10.5. The number of benzene rings is 3. The molecule has 1 heterocycles. The molecule has 0 unspecified atom stereocenters. The summed E-state index contributed by atoms with van der Waals surface area (Å²) < 4.78 is 35.5. The van der Waals surface area contributed by atoms with Crippen molar-refractivity contribution in [1.29, 1.82) is 5.41 Å². The number of primary amides is 1. The first-order chi connectivity index (χ1) is 16.7. The fourth-order valence-corrected chi connectivity index (χ4v) is 5.92. The maximum Gasteiger partial charge on any atom is 0.248 e. The molecule has 180 valence electrons. The van der Waals surface area contributed by atoms with Crippen LogP contribution in [0.25, 0.3) is 10.2 Å². The van der Waals surface area contributed by atoms with Crippen LogP contribution in [0, 0.1) is 5.41 Å². The largest absolute Gasteiger partial charge is 0.497 e. The molecule has 1 amide bonds. The number of carbonyl (C=O) groups excluding carboxylic acids is 1. The predicted octanol–water partition coefficient (Wildman–Crippen LogP) is 2.95. The van der Waals surface area contributed by atoms with Crippen LogP contribution < -0.4 is 20.9 Å². The summed E-state index contributed by atoms with van der Waals surface area (Å²) in [6, 6.07) is 17.3. The number of aromatic nitrogens is 1. The predicted molar refractivity (Wildman–Crippen MR) is 135 cm³/mol. The summed E-state index contributed by atoms with van der Waals surface area (Å²) in [5, 5.41) is 8.26. The van der Waals surface area contributed by atoms with Crippen LogP contribution in [0.15, 0.2) is 71.6 Å². The number of nitrogens with one attached hydrogen (secondary N) is 2. The lowest BCUT2D eigenvalue weighted by Gasteiger charge is -2.18. The molecule has 0 bridgehead atoms. The molecule has 35 heavy (non-hydrogen) atoms. The average Bonchev–Trinajstić information content (AvgIpc) is 3.27. The minimum atomic E-state index is -4.04. The fraction of sp³-hybridized carbons (Fsp3) is 0.125. The van der Waals surface area contributed by atoms with Crippen molar-refractivity contribution in [2.24, 2.45) is 11.5 Å². The molecule has 0 radical (unpaired) electrons. The number of nitrogen functional groups attached to an aromatic ring is 1. The number of hydrogen-bond acceptors (Lipinski definition) is 7. The molecule has 0 spiro atoms. The molecule has 0 aliphatic rings. The van der Waals surface area contributed by atoms with Crippen LogP contribution >= 0.6 is 11.3 Å². The maximum absolute atomic E-state index is 13.3. The SMILES string of the molecule is COc1ccc2nc([C@@H](Cc3cccc(C(=N)N)c3)NS(=O)(=O)c3cccc(C(N)=O)c3)sc2c1. The maximum atomic E-state index is 13.3. The Bertz CT molecular complexity index is 1530. The smallest absolute Gasteiger partial charge is 0.248 e. The lowest BCUT2D eigenvalue weighted by Crippen LogP contribution is -2.30. The van der Waals surface area contributed by atoms with E-state index in [1.54, 1.807) is 31.4 Å². The number of amides is 1. The molecule has 0 aliphatic carbocycles. The van der Waals surface area contributed by atoms with Gasteiger partial charge in [0.15, 0.2) is 0 Å². The number of thiazole rings is 1. The van der Waals surface area contributed by atoms with Gasteiger partial charge in [0.2, 0.25) is 15.9 Å². The molecule has 4 rings (SSSR count). The Balaban J connectivity index is 1.75. The Morgan fingerprint density at radius 3 is 2.54 bits per heavy atom. The Hall–Kier alpha value is -3.80. The third-order valence-electron chi connectivity index (χ3n) is 5.31. The average molecular weight is 510 g/mol. The lowest BCUT2D eigenvalue weighted by molar-refractivity contribution is 0.1000. The van der Waals surface area contributed by atoms with Gasteiger partial charge in [-0.05, 0) is 54.4 Å². The Kier molecular flexibility index (Phi) is 6.83. The van der Waals surface area contributed by atoms with Crippen molar-refractivity contribution in [1.82, 2.24) is 9.71 Å². The van der Waals surface area contributed by atoms with Gasteiger partial charge in [-0.25, -0.2) is 18.1 Å². The molecule has 6 N–H and O–H groups in total. The third-order valence-corrected chi connectivity index (χ3v) is 7.92. The summed E-state index contributed by atoms with van der Waals surface area (Å²) in [6.45, 7) is 0. The Morgan fingerprint density at radius 2 is 1.83 bits per heavy atom. The molecule has 1 aromatic heterocycles. The van der Waals surface area contributed by atoms with Gasteiger partial charge in [-0.3, -0.25) is 10.2 Å². The van der Waals surface area contributed by atoms with E-state index in [4.69, 9.17) is 21.6 Å². The van der Waals surface area contributed by atoms with Gasteiger partial charge in [-0.2, -0.15) is 0 Å². The number of ether oxygens (including phenoxy) is 1. The van der Waals surface area contributed by atoms with E-state index < -0.39 is 22.0 Å². The summed E-state index contributed by atoms with van der Waals surface area (Å²) in [6.07, 6.45) is 0.257. The van der Waals surface area contributed by atoms with E-state index in [9.17, 15) is 13.2 Å². The van der Waals surface area contributed by atoms with Gasteiger partial charge in [0.1, 0.15) is 16.6 Å². The van der Waals surface area contributed by atoms with Gasteiger partial charge < -0.3 is 16.2 Å². The van der Waals surface area contributed by atoms with E-state index in [0.29, 0.717) is 21.8 Å². The first-order valence-corrected chi connectivity index (χ1v) is 12.8. The number of fused-ring (bicyclic) bond motifs is 1. The van der Waals surface area contributed by atoms with Crippen LogP contribution in [0.5, 0.6) is 5.75 Å². The van der Waals surface area contributed by atoms with Crippen molar-refractivity contribution in [3.05, 3.63) is 88.4 Å². The zero-order valence-corrected chi connectivity index (χ0v) is 20.3. The first kappa shape index (κ1) is 24.3. The van der Waals surface area contributed by atoms with Crippen LogP contribution in [0.2, 0.25) is 0 Å². The molecular weight excluding hydrogens is 486 g/mol. The Labute approximate surface area is 206 Å². The van der Waals surface area contributed by atoms with E-state index in [-0.39, 0.29) is 22.7 Å². The second kappa shape index (κ2) is 9.82. The number of hydrogen-bond donors (Lipinski definition) is 4. The summed E-state index contributed by atoms with van der Waals surface area (Å²) in [5.41, 5.74) is 13.1. The highest BCUT2D eigenvalue weighted by atomic mass is 32.2. The van der Waals surface area contributed by atoms with Crippen LogP contribution in [0.4, 0.5) is 0 Å². The quantitative estimate of drug-likeness (QED) is 0.200. The zero-order chi connectivity index (χ0) is 25.2. The molecule has 0 saturated carbocycles. The topological polar surface area (TPSA) is 161 Å². The molecule has 4 aromatic rings. The standard InChI is InChI=1S/C24H23N5O4S2/c1-33-17-8-9-19-21(13-17)34-24(28-19)20(11-14-4-2-5-15(10-14)22(25)26)29-35(31,32)18-7-3-6-16(12-18)23(27)30/h2-10,12-13,20,29H,11H2,1H3,(H3,25,26)(H2,27,30)/t20-/m1/s1. The zero-order valence-electron chi connectivity index (χ0n) is 18.7. The van der Waals surface area contributed by atoms with E-state index in [2.05, 4.69) is 9.71 Å². The van der Waals surface area contributed by atoms with Crippen LogP contribution in [0.3, 0.4) is 0 Å². The number of rotatable bonds is 9. The van der Waals surface area contributed by atoms with E-state index >= 15 is 0 Å². The summed E-state index contributed by atoms with van der Waals surface area (Å²) >= 11 is 1.35. The number of amidine groups is 1. The molecule has 9 nitrogen and oxygen atoms in total. The van der Waals surface area contributed by atoms with Crippen LogP contribution in [-0.2, 0) is 16.4 Å². The van der Waals surface area contributed by atoms with E-state index in [0.717, 1.165) is 10.3 Å². The third kappa shape index (κ3) is 5.48. The minimum absolute atomic E-state index is 0.0840. The second-order valence-electron chi connectivity index (χ2n) is 7.77. The number of nitrogens with zero attached hydrogens (tertiary/aromatic N) is 1. The van der Waals surface area contributed by atoms with E-state index in [1.165, 1.54) is 35.6 Å². The van der Waals surface area contributed by atoms with Gasteiger partial charge in [-0.15, -0.1) is 11.3 Å². The Morgan fingerprint density at radius 1 is 1.09 bits per heavy atom. The fourth-order valence-electron chi connectivity index (χ4n) is 3.55. The normalized spacial score (nSPS) is 12.4. The second-order valence-corrected chi connectivity index (χ2v) is 10.5. The number of carbonyl (C=O) groups is 1. The van der Waals surface area contributed by atoms with Crippen molar-refractivity contribution in [3.8, 4) is 5.75 Å². The molecule has 0 fully saturated rings. The summed E-state index contributed by atoms with van der Waals surface area (Å²) in [7, 11) is -2.47. The van der Waals surface area contributed by atoms with Gasteiger partial charge in [0.25, 0.3) is 0 Å². The summed E-state index contributed by atoms with van der Waals surface area (Å²) in [5.74, 6) is -0.138. The molecule has 0 saturated heterocycles. The van der Waals surface area contributed by atoms with Gasteiger partial charge in [-0.1, -0.05) is 24.3 Å². The molecule has 0 aliphatic heterocycles. The van der Waals surface area contributed by atoms with Gasteiger partial charge in [0, 0.05) is 11.1 Å². The highest BCUT2D eigenvalue weighted by Gasteiger charge is 2.25. The van der Waals surface area contributed by atoms with Crippen LogP contribution in [0.1, 0.15) is 32.5 Å². The number of sulfonamides is 1.